The minimum Gasteiger partial charge on any atom is -0.493 e. The van der Waals surface area contributed by atoms with Gasteiger partial charge in [-0.2, -0.15) is 0 Å². The average Bonchev–Trinajstić information content (AvgIpc) is 2.48. The number of rotatable bonds is 3. The van der Waals surface area contributed by atoms with Crippen molar-refractivity contribution >= 4 is 0 Å². The molecule has 0 saturated carbocycles. The third-order valence-electron chi connectivity index (χ3n) is 3.65. The van der Waals surface area contributed by atoms with Crippen molar-refractivity contribution in [3.63, 3.8) is 0 Å². The third kappa shape index (κ3) is 2.76. The van der Waals surface area contributed by atoms with E-state index in [0.29, 0.717) is 13.0 Å². The van der Waals surface area contributed by atoms with E-state index in [9.17, 15) is 5.11 Å². The molecule has 2 atom stereocenters. The number of aliphatic hydroxyl groups is 1. The number of hydrogen-bond donors (Lipinski definition) is 1. The molecule has 3 rings (SSSR count). The first-order chi connectivity index (χ1) is 9.33. The van der Waals surface area contributed by atoms with E-state index in [1.807, 2.05) is 30.3 Å². The van der Waals surface area contributed by atoms with E-state index in [1.165, 1.54) is 5.56 Å². The highest BCUT2D eigenvalue weighted by Crippen LogP contribution is 2.29. The Morgan fingerprint density at radius 1 is 1.21 bits per heavy atom. The molecule has 0 bridgehead atoms. The molecular weight excluding hydrogens is 238 g/mol. The molecule has 2 aromatic rings. The van der Waals surface area contributed by atoms with Gasteiger partial charge < -0.3 is 9.84 Å². The Hall–Kier alpha value is -1.87. The molecule has 3 nitrogen and oxygen atoms in total. The van der Waals surface area contributed by atoms with Gasteiger partial charge in [0, 0.05) is 18.3 Å². The van der Waals surface area contributed by atoms with Crippen LogP contribution in [0.2, 0.25) is 0 Å². The molecule has 3 heteroatoms. The zero-order valence-electron chi connectivity index (χ0n) is 10.7. The van der Waals surface area contributed by atoms with Crippen molar-refractivity contribution in [1.82, 2.24) is 4.98 Å². The summed E-state index contributed by atoms with van der Waals surface area (Å²) in [6.45, 7) is 0.587. The second kappa shape index (κ2) is 5.41. The molecular formula is C16H17NO2. The van der Waals surface area contributed by atoms with Gasteiger partial charge in [0.2, 0.25) is 0 Å². The Labute approximate surface area is 112 Å². The highest BCUT2D eigenvalue weighted by molar-refractivity contribution is 5.35. The van der Waals surface area contributed by atoms with Crippen molar-refractivity contribution in [3.05, 3.63) is 59.9 Å². The van der Waals surface area contributed by atoms with Crippen LogP contribution in [-0.2, 0) is 12.8 Å². The second-order valence-electron chi connectivity index (χ2n) is 5.01. The number of fused-ring (bicyclic) bond motifs is 1. The molecule has 1 aromatic carbocycles. The Kier molecular flexibility index (Phi) is 3.47. The van der Waals surface area contributed by atoms with Crippen LogP contribution in [0.5, 0.6) is 5.75 Å². The van der Waals surface area contributed by atoms with Crippen LogP contribution in [0.25, 0.3) is 0 Å². The number of aliphatic hydroxyl groups excluding tert-OH is 1. The summed E-state index contributed by atoms with van der Waals surface area (Å²) in [5.41, 5.74) is 2.30. The molecule has 0 aliphatic carbocycles. The lowest BCUT2D eigenvalue weighted by Gasteiger charge is -2.28. The zero-order valence-corrected chi connectivity index (χ0v) is 10.7. The smallest absolute Gasteiger partial charge is 0.122 e. The average molecular weight is 255 g/mol. The number of ether oxygens (including phenoxy) is 1. The maximum absolute atomic E-state index is 10.4. The number of pyridine rings is 1. The van der Waals surface area contributed by atoms with Crippen LogP contribution in [0.4, 0.5) is 0 Å². The topological polar surface area (TPSA) is 42.4 Å². The molecule has 1 aliphatic heterocycles. The molecule has 1 N–H and O–H groups in total. The summed E-state index contributed by atoms with van der Waals surface area (Å²) in [7, 11) is 0. The zero-order chi connectivity index (χ0) is 13.1. The number of aromatic nitrogens is 1. The quantitative estimate of drug-likeness (QED) is 0.914. The number of hydrogen-bond acceptors (Lipinski definition) is 3. The van der Waals surface area contributed by atoms with Crippen molar-refractivity contribution in [2.75, 3.05) is 6.61 Å². The fourth-order valence-corrected chi connectivity index (χ4v) is 2.53. The van der Waals surface area contributed by atoms with E-state index in [0.717, 1.165) is 17.7 Å². The monoisotopic (exact) mass is 255 g/mol. The SMILES string of the molecule is OC(Cc1ccncc1)C1COc2ccccc2C1. The van der Waals surface area contributed by atoms with Gasteiger partial charge in [-0.1, -0.05) is 18.2 Å². The number of nitrogens with zero attached hydrogens (tertiary/aromatic N) is 1. The van der Waals surface area contributed by atoms with Crippen LogP contribution in [0.15, 0.2) is 48.8 Å². The van der Waals surface area contributed by atoms with Crippen molar-refractivity contribution in [2.24, 2.45) is 5.92 Å². The third-order valence-corrected chi connectivity index (χ3v) is 3.65. The highest BCUT2D eigenvalue weighted by Gasteiger charge is 2.25. The van der Waals surface area contributed by atoms with Gasteiger partial charge >= 0.3 is 0 Å². The first-order valence-electron chi connectivity index (χ1n) is 6.60. The summed E-state index contributed by atoms with van der Waals surface area (Å²) in [4.78, 5) is 3.99. The van der Waals surface area contributed by atoms with E-state index in [1.54, 1.807) is 12.4 Å². The standard InChI is InChI=1S/C16H17NO2/c18-15(9-12-5-7-17-8-6-12)14-10-13-3-1-2-4-16(13)19-11-14/h1-8,14-15,18H,9-11H2. The highest BCUT2D eigenvalue weighted by atomic mass is 16.5. The molecule has 1 aliphatic rings. The van der Waals surface area contributed by atoms with Gasteiger partial charge in [0.1, 0.15) is 5.75 Å². The first-order valence-corrected chi connectivity index (χ1v) is 6.60. The Bertz CT molecular complexity index is 541. The largest absolute Gasteiger partial charge is 0.493 e. The lowest BCUT2D eigenvalue weighted by atomic mass is 9.89. The maximum Gasteiger partial charge on any atom is 0.122 e. The van der Waals surface area contributed by atoms with E-state index in [2.05, 4.69) is 11.1 Å². The fraction of sp³-hybridized carbons (Fsp3) is 0.312. The van der Waals surface area contributed by atoms with Crippen molar-refractivity contribution in [3.8, 4) is 5.75 Å². The molecule has 2 unspecified atom stereocenters. The fourth-order valence-electron chi connectivity index (χ4n) is 2.53. The molecule has 98 valence electrons. The number of benzene rings is 1. The van der Waals surface area contributed by atoms with E-state index < -0.39 is 0 Å². The van der Waals surface area contributed by atoms with Gasteiger partial charge in [-0.3, -0.25) is 4.98 Å². The minimum atomic E-state index is -0.379. The van der Waals surface area contributed by atoms with Gasteiger partial charge in [0.25, 0.3) is 0 Å². The van der Waals surface area contributed by atoms with Crippen molar-refractivity contribution < 1.29 is 9.84 Å². The molecule has 2 heterocycles. The lowest BCUT2D eigenvalue weighted by Crippen LogP contribution is -2.33. The van der Waals surface area contributed by atoms with Gasteiger partial charge in [0.15, 0.2) is 0 Å². The second-order valence-corrected chi connectivity index (χ2v) is 5.01. The molecule has 1 aromatic heterocycles. The Balaban J connectivity index is 1.68. The van der Waals surface area contributed by atoms with Crippen molar-refractivity contribution in [1.29, 1.82) is 0 Å². The molecule has 19 heavy (non-hydrogen) atoms. The van der Waals surface area contributed by atoms with Crippen LogP contribution in [0.3, 0.4) is 0 Å². The van der Waals surface area contributed by atoms with Gasteiger partial charge in [-0.05, 0) is 42.2 Å². The van der Waals surface area contributed by atoms with Crippen LogP contribution >= 0.6 is 0 Å². The van der Waals surface area contributed by atoms with E-state index in [4.69, 9.17) is 4.74 Å². The summed E-state index contributed by atoms with van der Waals surface area (Å²) in [5.74, 6) is 1.11. The lowest BCUT2D eigenvalue weighted by molar-refractivity contribution is 0.0652. The van der Waals surface area contributed by atoms with Gasteiger partial charge in [0.05, 0.1) is 12.7 Å². The summed E-state index contributed by atoms with van der Waals surface area (Å²) in [6, 6.07) is 11.9. The number of para-hydroxylation sites is 1. The normalized spacial score (nSPS) is 19.3. The summed E-state index contributed by atoms with van der Waals surface area (Å²) >= 11 is 0. The molecule has 0 saturated heterocycles. The minimum absolute atomic E-state index is 0.156. The molecule has 0 radical (unpaired) electrons. The maximum atomic E-state index is 10.4. The summed E-state index contributed by atoms with van der Waals surface area (Å²) in [5, 5.41) is 10.4. The molecule has 0 spiro atoms. The first kappa shape index (κ1) is 12.2. The summed E-state index contributed by atoms with van der Waals surface area (Å²) < 4.78 is 5.72. The summed E-state index contributed by atoms with van der Waals surface area (Å²) in [6.07, 6.45) is 4.67. The Morgan fingerprint density at radius 2 is 2.00 bits per heavy atom. The predicted octanol–water partition coefficient (Wildman–Crippen LogP) is 2.24. The Morgan fingerprint density at radius 3 is 2.84 bits per heavy atom. The van der Waals surface area contributed by atoms with Crippen LogP contribution in [-0.4, -0.2) is 22.8 Å². The van der Waals surface area contributed by atoms with E-state index >= 15 is 0 Å². The predicted molar refractivity (Wildman–Crippen MR) is 73.1 cm³/mol. The van der Waals surface area contributed by atoms with Crippen LogP contribution in [0.1, 0.15) is 11.1 Å². The molecule has 0 fully saturated rings. The van der Waals surface area contributed by atoms with Gasteiger partial charge in [-0.15, -0.1) is 0 Å². The van der Waals surface area contributed by atoms with Gasteiger partial charge in [-0.25, -0.2) is 0 Å². The van der Waals surface area contributed by atoms with Crippen LogP contribution < -0.4 is 4.74 Å². The van der Waals surface area contributed by atoms with Crippen LogP contribution in [0, 0.1) is 5.92 Å². The van der Waals surface area contributed by atoms with Crippen molar-refractivity contribution in [2.45, 2.75) is 18.9 Å². The van der Waals surface area contributed by atoms with E-state index in [-0.39, 0.29) is 12.0 Å². The molecule has 0 amide bonds.